The Balaban J connectivity index is 2.07. The molecule has 2 N–H and O–H groups in total. The third kappa shape index (κ3) is 5.37. The van der Waals surface area contributed by atoms with Gasteiger partial charge in [0.05, 0.1) is 11.4 Å². The van der Waals surface area contributed by atoms with Gasteiger partial charge in [-0.1, -0.05) is 71.0 Å². The fourth-order valence-corrected chi connectivity index (χ4v) is 2.85. The second kappa shape index (κ2) is 9.47. The zero-order valence-electron chi connectivity index (χ0n) is 15.2. The molecule has 0 aliphatic heterocycles. The summed E-state index contributed by atoms with van der Waals surface area (Å²) in [6.45, 7) is 1.56. The lowest BCUT2D eigenvalue weighted by atomic mass is 9.87. The van der Waals surface area contributed by atoms with Crippen LogP contribution < -0.4 is 0 Å². The van der Waals surface area contributed by atoms with Gasteiger partial charge in [0.2, 0.25) is 5.54 Å². The number of nitro groups is 1. The molecule has 2 aromatic carbocycles. The summed E-state index contributed by atoms with van der Waals surface area (Å²) in [6.07, 6.45) is 0.910. The van der Waals surface area contributed by atoms with E-state index in [1.807, 2.05) is 36.4 Å². The molecule has 0 aromatic heterocycles. The quantitative estimate of drug-likeness (QED) is 0.296. The molecule has 0 bridgehead atoms. The Hall–Kier alpha value is -3.22. The molecule has 0 atom stereocenters. The van der Waals surface area contributed by atoms with Gasteiger partial charge in [-0.25, -0.2) is 0 Å². The Morgan fingerprint density at radius 2 is 1.26 bits per heavy atom. The third-order valence-electron chi connectivity index (χ3n) is 4.70. The van der Waals surface area contributed by atoms with Crippen LogP contribution in [0.3, 0.4) is 0 Å². The highest BCUT2D eigenvalue weighted by atomic mass is 16.6. The fourth-order valence-electron chi connectivity index (χ4n) is 2.85. The van der Waals surface area contributed by atoms with Gasteiger partial charge in [0.15, 0.2) is 0 Å². The Morgan fingerprint density at radius 1 is 0.889 bits per heavy atom. The first-order chi connectivity index (χ1) is 13.0. The SMILES string of the molecule is CC(CC/C(=N\O)c1ccccc1)(CC/C(=N\O)c1ccccc1)[N+](=O)[O-]. The van der Waals surface area contributed by atoms with Crippen LogP contribution in [-0.4, -0.2) is 32.3 Å². The topological polar surface area (TPSA) is 108 Å². The van der Waals surface area contributed by atoms with Crippen molar-refractivity contribution < 1.29 is 15.3 Å². The second-order valence-electron chi connectivity index (χ2n) is 6.58. The summed E-state index contributed by atoms with van der Waals surface area (Å²) in [4.78, 5) is 11.4. The molecule has 0 amide bonds. The van der Waals surface area contributed by atoms with Gasteiger partial charge in [-0.3, -0.25) is 10.1 Å². The van der Waals surface area contributed by atoms with Crippen molar-refractivity contribution in [3.8, 4) is 0 Å². The van der Waals surface area contributed by atoms with Gasteiger partial charge < -0.3 is 10.4 Å². The van der Waals surface area contributed by atoms with Crippen molar-refractivity contribution >= 4 is 11.4 Å². The average molecular weight is 369 g/mol. The van der Waals surface area contributed by atoms with E-state index in [0.29, 0.717) is 11.4 Å². The molecule has 0 saturated carbocycles. The molecule has 7 nitrogen and oxygen atoms in total. The predicted octanol–water partition coefficient (Wildman–Crippen LogP) is 4.34. The lowest BCUT2D eigenvalue weighted by molar-refractivity contribution is -0.567. The number of nitrogens with zero attached hydrogens (tertiary/aromatic N) is 3. The number of rotatable bonds is 9. The van der Waals surface area contributed by atoms with Gasteiger partial charge in [0.1, 0.15) is 0 Å². The smallest absolute Gasteiger partial charge is 0.220 e. The van der Waals surface area contributed by atoms with Crippen molar-refractivity contribution in [2.24, 2.45) is 10.3 Å². The number of benzene rings is 2. The lowest BCUT2D eigenvalue weighted by Gasteiger charge is -2.21. The number of oxime groups is 2. The Kier molecular flexibility index (Phi) is 7.05. The molecular formula is C20H23N3O4. The maximum atomic E-state index is 11.7. The molecule has 7 heteroatoms. The Morgan fingerprint density at radius 3 is 1.56 bits per heavy atom. The highest BCUT2D eigenvalue weighted by molar-refractivity contribution is 6.00. The van der Waals surface area contributed by atoms with E-state index in [1.165, 1.54) is 0 Å². The normalized spacial score (nSPS) is 12.8. The van der Waals surface area contributed by atoms with Crippen LogP contribution in [0.5, 0.6) is 0 Å². The summed E-state index contributed by atoms with van der Waals surface area (Å²) in [5, 5.41) is 36.9. The fraction of sp³-hybridized carbons (Fsp3) is 0.300. The van der Waals surface area contributed by atoms with Crippen LogP contribution in [0.2, 0.25) is 0 Å². The van der Waals surface area contributed by atoms with Gasteiger partial charge in [-0.15, -0.1) is 0 Å². The summed E-state index contributed by atoms with van der Waals surface area (Å²) < 4.78 is 0. The summed E-state index contributed by atoms with van der Waals surface area (Å²) in [6, 6.07) is 18.1. The molecule has 27 heavy (non-hydrogen) atoms. The van der Waals surface area contributed by atoms with E-state index in [0.717, 1.165) is 11.1 Å². The van der Waals surface area contributed by atoms with Crippen molar-refractivity contribution in [2.75, 3.05) is 0 Å². The van der Waals surface area contributed by atoms with Gasteiger partial charge >= 0.3 is 0 Å². The Labute approximate surface area is 157 Å². The summed E-state index contributed by atoms with van der Waals surface area (Å²) >= 11 is 0. The molecule has 0 heterocycles. The van der Waals surface area contributed by atoms with Gasteiger partial charge in [-0.05, 0) is 11.1 Å². The minimum absolute atomic E-state index is 0.196. The van der Waals surface area contributed by atoms with E-state index in [2.05, 4.69) is 10.3 Å². The molecular weight excluding hydrogens is 346 g/mol. The van der Waals surface area contributed by atoms with Gasteiger partial charge in [0.25, 0.3) is 0 Å². The first-order valence-electron chi connectivity index (χ1n) is 8.67. The van der Waals surface area contributed by atoms with E-state index in [4.69, 9.17) is 0 Å². The zero-order chi connectivity index (χ0) is 19.7. The van der Waals surface area contributed by atoms with Crippen molar-refractivity contribution in [1.29, 1.82) is 0 Å². The van der Waals surface area contributed by atoms with Gasteiger partial charge in [-0.2, -0.15) is 0 Å². The molecule has 0 aliphatic rings. The minimum atomic E-state index is -1.24. The number of hydrogen-bond donors (Lipinski definition) is 2. The highest BCUT2D eigenvalue weighted by Gasteiger charge is 2.37. The van der Waals surface area contributed by atoms with Crippen molar-refractivity contribution in [2.45, 2.75) is 38.1 Å². The van der Waals surface area contributed by atoms with Crippen LogP contribution in [-0.2, 0) is 0 Å². The average Bonchev–Trinajstić information content (AvgIpc) is 2.70. The van der Waals surface area contributed by atoms with E-state index in [1.54, 1.807) is 31.2 Å². The molecule has 2 rings (SSSR count). The molecule has 0 radical (unpaired) electrons. The molecule has 0 unspecified atom stereocenters. The van der Waals surface area contributed by atoms with Crippen LogP contribution >= 0.6 is 0 Å². The molecule has 142 valence electrons. The molecule has 0 fully saturated rings. The van der Waals surface area contributed by atoms with Crippen LogP contribution in [0.1, 0.15) is 43.7 Å². The molecule has 2 aromatic rings. The standard InChI is InChI=1S/C20H23N3O4/c1-20(23(26)27,14-12-18(21-24)16-8-4-2-5-9-16)15-13-19(22-25)17-10-6-3-7-11-17/h2-11,24-25H,12-15H2,1H3/b21-18+,22-19+. The third-order valence-corrected chi connectivity index (χ3v) is 4.70. The van der Waals surface area contributed by atoms with Crippen molar-refractivity contribution in [3.05, 3.63) is 81.9 Å². The zero-order valence-corrected chi connectivity index (χ0v) is 15.2. The highest BCUT2D eigenvalue weighted by Crippen LogP contribution is 2.25. The van der Waals surface area contributed by atoms with Gasteiger partial charge in [0, 0.05) is 37.5 Å². The van der Waals surface area contributed by atoms with Crippen molar-refractivity contribution in [1.82, 2.24) is 0 Å². The monoisotopic (exact) mass is 369 g/mol. The van der Waals surface area contributed by atoms with Crippen molar-refractivity contribution in [3.63, 3.8) is 0 Å². The Bertz CT molecular complexity index is 745. The summed E-state index contributed by atoms with van der Waals surface area (Å²) in [7, 11) is 0. The molecule has 0 saturated heterocycles. The van der Waals surface area contributed by atoms with E-state index in [-0.39, 0.29) is 30.6 Å². The van der Waals surface area contributed by atoms with E-state index >= 15 is 0 Å². The predicted molar refractivity (Wildman–Crippen MR) is 103 cm³/mol. The first kappa shape index (κ1) is 20.1. The summed E-state index contributed by atoms with van der Waals surface area (Å²) in [5.74, 6) is 0. The first-order valence-corrected chi connectivity index (χ1v) is 8.67. The maximum absolute atomic E-state index is 11.7. The largest absolute Gasteiger partial charge is 0.411 e. The maximum Gasteiger partial charge on any atom is 0.220 e. The van der Waals surface area contributed by atoms with E-state index < -0.39 is 5.54 Å². The molecule has 0 spiro atoms. The molecule has 0 aliphatic carbocycles. The van der Waals surface area contributed by atoms with Crippen LogP contribution in [0.25, 0.3) is 0 Å². The summed E-state index contributed by atoms with van der Waals surface area (Å²) in [5.41, 5.74) is 1.03. The lowest BCUT2D eigenvalue weighted by Crippen LogP contribution is -2.36. The number of hydrogen-bond acceptors (Lipinski definition) is 6. The second-order valence-corrected chi connectivity index (χ2v) is 6.58. The van der Waals surface area contributed by atoms with Crippen LogP contribution in [0.4, 0.5) is 0 Å². The van der Waals surface area contributed by atoms with Crippen LogP contribution in [0, 0.1) is 10.1 Å². The minimum Gasteiger partial charge on any atom is -0.411 e. The van der Waals surface area contributed by atoms with E-state index in [9.17, 15) is 20.5 Å². The van der Waals surface area contributed by atoms with Crippen LogP contribution in [0.15, 0.2) is 71.0 Å².